The van der Waals surface area contributed by atoms with Gasteiger partial charge in [-0.25, -0.2) is 14.4 Å². The molecule has 37 heavy (non-hydrogen) atoms. The molecule has 188 valence electrons. The van der Waals surface area contributed by atoms with Gasteiger partial charge in [0.15, 0.2) is 5.69 Å². The minimum absolute atomic E-state index is 0.206. The normalized spacial score (nSPS) is 17.2. The summed E-state index contributed by atoms with van der Waals surface area (Å²) in [5.74, 6) is 0.604. The number of β-amino-alcohol motifs (C(OH)–C–C–N with tert-alkyl or cyclic N) is 1. The first-order valence-electron chi connectivity index (χ1n) is 12.4. The third kappa shape index (κ3) is 3.62. The molecule has 3 aromatic heterocycles. The van der Waals surface area contributed by atoms with Gasteiger partial charge in [-0.05, 0) is 43.5 Å². The number of carbonyl (C=O) groups is 1. The lowest BCUT2D eigenvalue weighted by atomic mass is 9.98. The van der Waals surface area contributed by atoms with E-state index in [-0.39, 0.29) is 30.5 Å². The fraction of sp³-hybridized carbons (Fsp3) is 0.333. The van der Waals surface area contributed by atoms with Crippen LogP contribution in [0.25, 0.3) is 16.6 Å². The lowest BCUT2D eigenvalue weighted by Crippen LogP contribution is -2.39. The van der Waals surface area contributed by atoms with Crippen LogP contribution in [0.1, 0.15) is 45.7 Å². The number of fused-ring (bicyclic) bond motifs is 3. The summed E-state index contributed by atoms with van der Waals surface area (Å²) in [4.78, 5) is 29.0. The van der Waals surface area contributed by atoms with Crippen molar-refractivity contribution in [2.75, 3.05) is 18.5 Å². The van der Waals surface area contributed by atoms with E-state index < -0.39 is 5.60 Å². The zero-order chi connectivity index (χ0) is 25.3. The van der Waals surface area contributed by atoms with Gasteiger partial charge in [0.25, 0.3) is 5.91 Å². The molecule has 2 N–H and O–H groups in total. The Hall–Kier alpha value is -4.05. The second-order valence-electron chi connectivity index (χ2n) is 10.1. The van der Waals surface area contributed by atoms with Gasteiger partial charge in [-0.3, -0.25) is 14.2 Å². The van der Waals surface area contributed by atoms with Crippen LogP contribution < -0.4 is 10.1 Å². The molecule has 1 amide bonds. The Bertz CT molecular complexity index is 1600. The van der Waals surface area contributed by atoms with E-state index >= 15 is 0 Å². The smallest absolute Gasteiger partial charge is 0.275 e. The lowest BCUT2D eigenvalue weighted by Gasteiger charge is -2.28. The van der Waals surface area contributed by atoms with E-state index in [1.54, 1.807) is 34.1 Å². The predicted molar refractivity (Wildman–Crippen MR) is 133 cm³/mol. The fourth-order valence-corrected chi connectivity index (χ4v) is 5.38. The summed E-state index contributed by atoms with van der Waals surface area (Å²) >= 11 is 0. The summed E-state index contributed by atoms with van der Waals surface area (Å²) < 4.78 is 22.0. The number of halogens is 1. The van der Waals surface area contributed by atoms with E-state index in [9.17, 15) is 14.3 Å². The van der Waals surface area contributed by atoms with Crippen LogP contribution in [0.2, 0.25) is 0 Å². The van der Waals surface area contributed by atoms with Gasteiger partial charge >= 0.3 is 0 Å². The van der Waals surface area contributed by atoms with E-state index in [1.165, 1.54) is 6.07 Å². The van der Waals surface area contributed by atoms with Crippen LogP contribution in [-0.2, 0) is 19.5 Å². The summed E-state index contributed by atoms with van der Waals surface area (Å²) in [5, 5.41) is 13.9. The number of hydrogen-bond acceptors (Lipinski definition) is 7. The molecule has 9 nitrogen and oxygen atoms in total. The Labute approximate surface area is 211 Å². The van der Waals surface area contributed by atoms with Crippen LogP contribution in [0.4, 0.5) is 10.3 Å². The van der Waals surface area contributed by atoms with Crippen molar-refractivity contribution in [2.24, 2.45) is 0 Å². The number of nitrogens with zero attached hydrogens (tertiary/aromatic N) is 5. The molecule has 1 fully saturated rings. The number of rotatable bonds is 5. The molecule has 0 unspecified atom stereocenters. The van der Waals surface area contributed by atoms with Crippen LogP contribution >= 0.6 is 0 Å². The molecule has 10 heteroatoms. The minimum Gasteiger partial charge on any atom is -0.493 e. The number of anilines is 1. The molecule has 0 atom stereocenters. The van der Waals surface area contributed by atoms with Crippen LogP contribution in [0, 0.1) is 12.7 Å². The van der Waals surface area contributed by atoms with E-state index in [0.29, 0.717) is 55.2 Å². The molecule has 7 rings (SSSR count). The molecule has 3 aliphatic rings. The number of ether oxygens (including phenoxy) is 1. The summed E-state index contributed by atoms with van der Waals surface area (Å²) in [6.07, 6.45) is 7.08. The fourth-order valence-electron chi connectivity index (χ4n) is 5.38. The first kappa shape index (κ1) is 22.2. The number of aromatic nitrogens is 4. The molecule has 1 saturated carbocycles. The number of nitrogens with one attached hydrogen (secondary N) is 1. The highest BCUT2D eigenvalue weighted by Gasteiger charge is 2.44. The number of benzene rings is 1. The number of aliphatic hydroxyl groups is 1. The molecule has 5 heterocycles. The highest BCUT2D eigenvalue weighted by molar-refractivity contribution is 6.04. The van der Waals surface area contributed by atoms with Crippen molar-refractivity contribution in [1.82, 2.24) is 24.3 Å². The standard InChI is InChI=1S/C27H25FN6O3/c1-15-8-16-12-33(13-27(36)5-6-27)25(35)23-24-20(18(16)9-29-15)11-31-26(34(24)14-32-23)30-10-19-17-4-7-37-22(17)3-2-21(19)28/h2-3,8-9,11,14,36H,4-7,10,12-13H2,1H3,(H,30,31). The van der Waals surface area contributed by atoms with E-state index in [1.807, 2.05) is 13.0 Å². The highest BCUT2D eigenvalue weighted by Crippen LogP contribution is 2.39. The molecule has 0 saturated heterocycles. The van der Waals surface area contributed by atoms with Gasteiger partial charge in [0.1, 0.15) is 17.9 Å². The summed E-state index contributed by atoms with van der Waals surface area (Å²) in [6.45, 7) is 3.25. The number of pyridine rings is 1. The van der Waals surface area contributed by atoms with Crippen LogP contribution in [0.3, 0.4) is 0 Å². The van der Waals surface area contributed by atoms with Crippen LogP contribution in [0.15, 0.2) is 36.9 Å². The first-order chi connectivity index (χ1) is 17.9. The molecular formula is C27H25FN6O3. The maximum absolute atomic E-state index is 14.7. The number of imidazole rings is 1. The van der Waals surface area contributed by atoms with E-state index in [0.717, 1.165) is 27.9 Å². The van der Waals surface area contributed by atoms with Gasteiger partial charge in [-0.15, -0.1) is 0 Å². The second-order valence-corrected chi connectivity index (χ2v) is 10.1. The van der Waals surface area contributed by atoms with Gasteiger partial charge in [0, 0.05) is 59.9 Å². The molecular weight excluding hydrogens is 475 g/mol. The molecule has 1 aromatic carbocycles. The van der Waals surface area contributed by atoms with Crippen molar-refractivity contribution < 1.29 is 19.0 Å². The molecule has 0 bridgehead atoms. The topological polar surface area (TPSA) is 105 Å². The van der Waals surface area contributed by atoms with Gasteiger partial charge in [0.05, 0.1) is 24.3 Å². The Balaban J connectivity index is 1.33. The Kier molecular flexibility index (Phi) is 4.78. The third-order valence-corrected chi connectivity index (χ3v) is 7.51. The lowest BCUT2D eigenvalue weighted by molar-refractivity contribution is 0.0545. The zero-order valence-corrected chi connectivity index (χ0v) is 20.3. The third-order valence-electron chi connectivity index (χ3n) is 7.51. The van der Waals surface area contributed by atoms with Gasteiger partial charge in [-0.1, -0.05) is 0 Å². The average Bonchev–Trinajstić information content (AvgIpc) is 3.25. The largest absolute Gasteiger partial charge is 0.493 e. The Morgan fingerprint density at radius 2 is 2.03 bits per heavy atom. The van der Waals surface area contributed by atoms with Gasteiger partial charge in [-0.2, -0.15) is 0 Å². The Morgan fingerprint density at radius 3 is 2.86 bits per heavy atom. The van der Waals surface area contributed by atoms with Crippen LogP contribution in [0.5, 0.6) is 5.75 Å². The van der Waals surface area contributed by atoms with E-state index in [4.69, 9.17) is 4.74 Å². The zero-order valence-electron chi connectivity index (χ0n) is 20.3. The SMILES string of the molecule is Cc1cc2c(cn1)-c1cnc(NCc3c(F)ccc4c3CCO4)n3cnc(c13)C(=O)N(CC1(O)CC1)C2. The number of hydrogen-bond donors (Lipinski definition) is 2. The monoisotopic (exact) mass is 500 g/mol. The van der Waals surface area contributed by atoms with Gasteiger partial charge in [0.2, 0.25) is 5.95 Å². The van der Waals surface area contributed by atoms with Crippen molar-refractivity contribution in [3.63, 3.8) is 0 Å². The maximum atomic E-state index is 14.7. The number of carbonyl (C=O) groups excluding carboxylic acids is 1. The van der Waals surface area contributed by atoms with Crippen LogP contribution in [-0.4, -0.2) is 54.0 Å². The molecule has 1 aliphatic carbocycles. The van der Waals surface area contributed by atoms with Crippen molar-refractivity contribution >= 4 is 17.4 Å². The summed E-state index contributed by atoms with van der Waals surface area (Å²) in [6, 6.07) is 5.05. The highest BCUT2D eigenvalue weighted by atomic mass is 19.1. The predicted octanol–water partition coefficient (Wildman–Crippen LogP) is 3.27. The Morgan fingerprint density at radius 1 is 1.19 bits per heavy atom. The first-order valence-corrected chi connectivity index (χ1v) is 12.4. The van der Waals surface area contributed by atoms with E-state index in [2.05, 4.69) is 20.3 Å². The average molecular weight is 501 g/mol. The minimum atomic E-state index is -0.840. The van der Waals surface area contributed by atoms with Gasteiger partial charge < -0.3 is 20.1 Å². The quantitative estimate of drug-likeness (QED) is 0.433. The molecule has 0 radical (unpaired) electrons. The van der Waals surface area contributed by atoms with Crippen molar-refractivity contribution in [2.45, 2.75) is 44.9 Å². The molecule has 0 spiro atoms. The second kappa shape index (κ2) is 7.97. The molecule has 2 aliphatic heterocycles. The van der Waals surface area contributed by atoms with Crippen molar-refractivity contribution in [3.8, 4) is 16.9 Å². The van der Waals surface area contributed by atoms with Crippen molar-refractivity contribution in [3.05, 3.63) is 70.8 Å². The molecule has 4 aromatic rings. The summed E-state index contributed by atoms with van der Waals surface area (Å²) in [5.41, 5.74) is 4.84. The van der Waals surface area contributed by atoms with Crippen molar-refractivity contribution in [1.29, 1.82) is 0 Å². The summed E-state index contributed by atoms with van der Waals surface area (Å²) in [7, 11) is 0. The number of aryl methyl sites for hydroxylation is 1. The number of amides is 1. The maximum Gasteiger partial charge on any atom is 0.275 e.